The van der Waals surface area contributed by atoms with Gasteiger partial charge in [-0.2, -0.15) is 0 Å². The van der Waals surface area contributed by atoms with Crippen LogP contribution in [-0.2, 0) is 0 Å². The highest BCUT2D eigenvalue weighted by molar-refractivity contribution is 5.72. The molecule has 0 aliphatic carbocycles. The Morgan fingerprint density at radius 1 is 1.88 bits per heavy atom. The topological polar surface area (TPSA) is 43.1 Å². The van der Waals surface area contributed by atoms with Gasteiger partial charge >= 0.3 is 0 Å². The Kier molecular flexibility index (Phi) is 1.12. The van der Waals surface area contributed by atoms with E-state index in [0.717, 1.165) is 0 Å². The van der Waals surface area contributed by atoms with Crippen molar-refractivity contribution >= 4 is 6.29 Å². The maximum Gasteiger partial charge on any atom is 0.181 e. The van der Waals surface area contributed by atoms with E-state index in [1.807, 2.05) is 0 Å². The molecule has 0 spiro atoms. The lowest BCUT2D eigenvalue weighted by Crippen LogP contribution is -1.79. The second-order valence-corrected chi connectivity index (χ2v) is 1.41. The molecule has 3 heteroatoms. The fourth-order valence-electron chi connectivity index (χ4n) is 0.427. The normalized spacial score (nSPS) is 9.12. The molecule has 0 aromatic carbocycles. The highest BCUT2D eigenvalue weighted by Gasteiger charge is 1.97. The minimum atomic E-state index is 0.380. The van der Waals surface area contributed by atoms with Crippen LogP contribution in [0, 0.1) is 6.92 Å². The summed E-state index contributed by atoms with van der Waals surface area (Å²) in [4.78, 5) is 13.6. The summed E-state index contributed by atoms with van der Waals surface area (Å²) in [5.41, 5.74) is 0.380. The minimum absolute atomic E-state index is 0.380. The number of hydrogen-bond acceptors (Lipinski definition) is 3. The van der Waals surface area contributed by atoms with Crippen LogP contribution in [0.25, 0.3) is 0 Å². The molecule has 42 valence electrons. The Balaban J connectivity index is 3.09. The number of oxazole rings is 1. The largest absolute Gasteiger partial charge is 0.448 e. The average Bonchev–Trinajstić information content (AvgIpc) is 2.14. The smallest absolute Gasteiger partial charge is 0.181 e. The first-order valence-corrected chi connectivity index (χ1v) is 2.20. The Hall–Kier alpha value is -1.12. The highest BCUT2D eigenvalue weighted by Crippen LogP contribution is 1.98. The molecular weight excluding hydrogens is 106 g/mol. The molecule has 0 amide bonds. The monoisotopic (exact) mass is 111 g/mol. The molecule has 0 fully saturated rings. The Labute approximate surface area is 46.3 Å². The molecule has 0 saturated carbocycles. The van der Waals surface area contributed by atoms with E-state index >= 15 is 0 Å². The SMILES string of the molecule is Cc1ocnc1C=O. The second-order valence-electron chi connectivity index (χ2n) is 1.41. The second kappa shape index (κ2) is 1.78. The van der Waals surface area contributed by atoms with Crippen LogP contribution in [0.2, 0.25) is 0 Å². The number of nitrogens with zero attached hydrogens (tertiary/aromatic N) is 1. The van der Waals surface area contributed by atoms with Crippen molar-refractivity contribution in [3.05, 3.63) is 17.8 Å². The van der Waals surface area contributed by atoms with Crippen molar-refractivity contribution in [2.24, 2.45) is 0 Å². The van der Waals surface area contributed by atoms with Gasteiger partial charge in [-0.05, 0) is 6.92 Å². The number of aldehydes is 1. The van der Waals surface area contributed by atoms with Gasteiger partial charge in [0.15, 0.2) is 12.7 Å². The first-order chi connectivity index (χ1) is 3.84. The van der Waals surface area contributed by atoms with Crippen LogP contribution in [0.15, 0.2) is 10.8 Å². The van der Waals surface area contributed by atoms with Crippen LogP contribution in [0.3, 0.4) is 0 Å². The first kappa shape index (κ1) is 5.03. The Morgan fingerprint density at radius 2 is 2.62 bits per heavy atom. The first-order valence-electron chi connectivity index (χ1n) is 2.20. The standard InChI is InChI=1S/C5H5NO2/c1-4-5(2-7)6-3-8-4/h2-3H,1H3. The molecule has 0 aliphatic rings. The van der Waals surface area contributed by atoms with Crippen molar-refractivity contribution in [1.29, 1.82) is 0 Å². The van der Waals surface area contributed by atoms with Crippen molar-refractivity contribution in [3.63, 3.8) is 0 Å². The van der Waals surface area contributed by atoms with Gasteiger partial charge in [0, 0.05) is 0 Å². The fraction of sp³-hybridized carbons (Fsp3) is 0.200. The summed E-state index contributed by atoms with van der Waals surface area (Å²) in [7, 11) is 0. The third-order valence-electron chi connectivity index (χ3n) is 0.894. The lowest BCUT2D eigenvalue weighted by Gasteiger charge is -1.75. The van der Waals surface area contributed by atoms with Gasteiger partial charge in [0.25, 0.3) is 0 Å². The van der Waals surface area contributed by atoms with E-state index in [0.29, 0.717) is 17.7 Å². The molecule has 0 saturated heterocycles. The maximum absolute atomic E-state index is 9.97. The summed E-state index contributed by atoms with van der Waals surface area (Å²) in [5.74, 6) is 0.569. The van der Waals surface area contributed by atoms with Crippen LogP contribution >= 0.6 is 0 Å². The number of aryl methyl sites for hydroxylation is 1. The predicted octanol–water partition coefficient (Wildman–Crippen LogP) is 0.796. The Bertz CT molecular complexity index is 192. The fourth-order valence-corrected chi connectivity index (χ4v) is 0.427. The number of carbonyl (C=O) groups is 1. The van der Waals surface area contributed by atoms with Gasteiger partial charge in [-0.25, -0.2) is 4.98 Å². The number of rotatable bonds is 1. The van der Waals surface area contributed by atoms with E-state index in [2.05, 4.69) is 4.98 Å². The lowest BCUT2D eigenvalue weighted by molar-refractivity contribution is 0.111. The molecule has 1 rings (SSSR count). The molecule has 3 nitrogen and oxygen atoms in total. The Morgan fingerprint density at radius 3 is 2.88 bits per heavy atom. The van der Waals surface area contributed by atoms with Crippen molar-refractivity contribution in [2.75, 3.05) is 0 Å². The van der Waals surface area contributed by atoms with Gasteiger partial charge in [0.05, 0.1) is 0 Å². The van der Waals surface area contributed by atoms with Crippen LogP contribution in [0.1, 0.15) is 16.2 Å². The molecule has 0 N–H and O–H groups in total. The van der Waals surface area contributed by atoms with Crippen molar-refractivity contribution < 1.29 is 9.21 Å². The molecule has 1 aromatic rings. The number of carbonyl (C=O) groups excluding carboxylic acids is 1. The number of aromatic nitrogens is 1. The van der Waals surface area contributed by atoms with E-state index in [-0.39, 0.29) is 0 Å². The van der Waals surface area contributed by atoms with Crippen LogP contribution in [-0.4, -0.2) is 11.3 Å². The van der Waals surface area contributed by atoms with Crippen molar-refractivity contribution in [1.82, 2.24) is 4.98 Å². The van der Waals surface area contributed by atoms with E-state index in [1.54, 1.807) is 6.92 Å². The summed E-state index contributed by atoms with van der Waals surface area (Å²) in [6.07, 6.45) is 1.91. The van der Waals surface area contributed by atoms with Gasteiger partial charge in [-0.1, -0.05) is 0 Å². The van der Waals surface area contributed by atoms with Gasteiger partial charge in [0.2, 0.25) is 0 Å². The molecule has 0 bridgehead atoms. The summed E-state index contributed by atoms with van der Waals surface area (Å²) in [6, 6.07) is 0. The zero-order chi connectivity index (χ0) is 5.98. The summed E-state index contributed by atoms with van der Waals surface area (Å²) < 4.78 is 4.71. The third kappa shape index (κ3) is 0.621. The van der Waals surface area contributed by atoms with Gasteiger partial charge < -0.3 is 4.42 Å². The molecule has 0 radical (unpaired) electrons. The predicted molar refractivity (Wildman–Crippen MR) is 26.6 cm³/mol. The zero-order valence-corrected chi connectivity index (χ0v) is 4.42. The summed E-state index contributed by atoms with van der Waals surface area (Å²) >= 11 is 0. The molecule has 0 atom stereocenters. The highest BCUT2D eigenvalue weighted by atomic mass is 16.3. The van der Waals surface area contributed by atoms with Crippen LogP contribution in [0.4, 0.5) is 0 Å². The molecule has 0 unspecified atom stereocenters. The summed E-state index contributed by atoms with van der Waals surface area (Å²) in [5, 5.41) is 0. The molecule has 1 heterocycles. The van der Waals surface area contributed by atoms with Crippen molar-refractivity contribution in [2.45, 2.75) is 6.92 Å². The van der Waals surface area contributed by atoms with Gasteiger partial charge in [-0.15, -0.1) is 0 Å². The van der Waals surface area contributed by atoms with Crippen LogP contribution < -0.4 is 0 Å². The van der Waals surface area contributed by atoms with Crippen molar-refractivity contribution in [3.8, 4) is 0 Å². The molecule has 1 aromatic heterocycles. The van der Waals surface area contributed by atoms with Gasteiger partial charge in [0.1, 0.15) is 11.5 Å². The third-order valence-corrected chi connectivity index (χ3v) is 0.894. The maximum atomic E-state index is 9.97. The van der Waals surface area contributed by atoms with E-state index < -0.39 is 0 Å². The average molecular weight is 111 g/mol. The molecule has 8 heavy (non-hydrogen) atoms. The van der Waals surface area contributed by atoms with E-state index in [1.165, 1.54) is 6.39 Å². The number of hydrogen-bond donors (Lipinski definition) is 0. The van der Waals surface area contributed by atoms with Crippen LogP contribution in [0.5, 0.6) is 0 Å². The van der Waals surface area contributed by atoms with E-state index in [9.17, 15) is 4.79 Å². The minimum Gasteiger partial charge on any atom is -0.448 e. The lowest BCUT2D eigenvalue weighted by atomic mass is 10.4. The van der Waals surface area contributed by atoms with Gasteiger partial charge in [-0.3, -0.25) is 4.79 Å². The quantitative estimate of drug-likeness (QED) is 0.503. The zero-order valence-electron chi connectivity index (χ0n) is 4.42. The molecular formula is C5H5NO2. The summed E-state index contributed by atoms with van der Waals surface area (Å²) in [6.45, 7) is 1.69. The molecule has 0 aliphatic heterocycles. The van der Waals surface area contributed by atoms with E-state index in [4.69, 9.17) is 4.42 Å².